The Kier molecular flexibility index (Phi) is 4.54. The molecule has 2 nitrogen and oxygen atoms in total. The van der Waals surface area contributed by atoms with Gasteiger partial charge in [-0.15, -0.1) is 11.3 Å². The number of aryl methyl sites for hydroxylation is 1. The van der Waals surface area contributed by atoms with Crippen LogP contribution in [0.25, 0.3) is 11.0 Å². The number of furan rings is 1. The van der Waals surface area contributed by atoms with Gasteiger partial charge < -0.3 is 9.73 Å². The number of benzene rings is 1. The van der Waals surface area contributed by atoms with Gasteiger partial charge in [0.2, 0.25) is 0 Å². The molecule has 1 aromatic carbocycles. The van der Waals surface area contributed by atoms with E-state index in [1.54, 1.807) is 11.3 Å². The van der Waals surface area contributed by atoms with Crippen molar-refractivity contribution < 1.29 is 4.42 Å². The van der Waals surface area contributed by atoms with Gasteiger partial charge in [0.05, 0.1) is 3.79 Å². The molecule has 5 heteroatoms. The fourth-order valence-electron chi connectivity index (χ4n) is 2.42. The highest BCUT2D eigenvalue weighted by Gasteiger charge is 2.21. The van der Waals surface area contributed by atoms with Crippen LogP contribution in [0.1, 0.15) is 29.2 Å². The zero-order valence-corrected chi connectivity index (χ0v) is 15.7. The topological polar surface area (TPSA) is 25.2 Å². The molecule has 0 saturated carbocycles. The molecule has 1 N–H and O–H groups in total. The first kappa shape index (κ1) is 15.3. The second-order valence-corrected chi connectivity index (χ2v) is 8.16. The van der Waals surface area contributed by atoms with Crippen LogP contribution in [0.3, 0.4) is 0 Å². The Morgan fingerprint density at radius 1 is 1.29 bits per heavy atom. The number of thiophene rings is 1. The Balaban J connectivity index is 2.08. The van der Waals surface area contributed by atoms with Crippen molar-refractivity contribution in [2.45, 2.75) is 19.9 Å². The van der Waals surface area contributed by atoms with Gasteiger partial charge in [-0.1, -0.05) is 25.1 Å². The van der Waals surface area contributed by atoms with Crippen molar-refractivity contribution in [2.24, 2.45) is 0 Å². The summed E-state index contributed by atoms with van der Waals surface area (Å²) in [5, 5.41) is 4.67. The van der Waals surface area contributed by atoms with Gasteiger partial charge in [-0.3, -0.25) is 0 Å². The van der Waals surface area contributed by atoms with Gasteiger partial charge >= 0.3 is 0 Å². The Morgan fingerprint density at radius 3 is 2.71 bits per heavy atom. The molecule has 0 amide bonds. The summed E-state index contributed by atoms with van der Waals surface area (Å²) in [6.45, 7) is 5.07. The van der Waals surface area contributed by atoms with E-state index in [4.69, 9.17) is 4.42 Å². The summed E-state index contributed by atoms with van der Waals surface area (Å²) >= 11 is 8.85. The number of hydrogen-bond donors (Lipinski definition) is 1. The standard InChI is InChI=1S/C16H15Br2NOS/c1-3-19-14(13-8-11(17)16(18)21-13)12-7-10-6-4-5-9(2)15(10)20-12/h4-8,14,19H,3H2,1-2H3. The predicted molar refractivity (Wildman–Crippen MR) is 96.2 cm³/mol. The maximum atomic E-state index is 6.13. The van der Waals surface area contributed by atoms with Crippen molar-refractivity contribution in [3.63, 3.8) is 0 Å². The van der Waals surface area contributed by atoms with Gasteiger partial charge in [0, 0.05) is 14.7 Å². The maximum Gasteiger partial charge on any atom is 0.137 e. The number of halogens is 2. The quantitative estimate of drug-likeness (QED) is 0.548. The summed E-state index contributed by atoms with van der Waals surface area (Å²) in [7, 11) is 0. The molecule has 0 bridgehead atoms. The largest absolute Gasteiger partial charge is 0.459 e. The number of nitrogens with one attached hydrogen (secondary N) is 1. The smallest absolute Gasteiger partial charge is 0.137 e. The lowest BCUT2D eigenvalue weighted by molar-refractivity contribution is 0.480. The van der Waals surface area contributed by atoms with Crippen LogP contribution >= 0.6 is 43.2 Å². The van der Waals surface area contributed by atoms with E-state index in [-0.39, 0.29) is 6.04 Å². The minimum Gasteiger partial charge on any atom is -0.459 e. The van der Waals surface area contributed by atoms with E-state index in [1.807, 2.05) is 0 Å². The lowest BCUT2D eigenvalue weighted by Crippen LogP contribution is -2.20. The van der Waals surface area contributed by atoms with Crippen molar-refractivity contribution in [1.29, 1.82) is 0 Å². The molecule has 0 aliphatic rings. The molecule has 0 spiro atoms. The van der Waals surface area contributed by atoms with Crippen LogP contribution in [0.2, 0.25) is 0 Å². The van der Waals surface area contributed by atoms with Gasteiger partial charge in [0.1, 0.15) is 17.4 Å². The Hall–Kier alpha value is -0.620. The Morgan fingerprint density at radius 2 is 2.10 bits per heavy atom. The van der Waals surface area contributed by atoms with Crippen LogP contribution in [0.5, 0.6) is 0 Å². The molecule has 21 heavy (non-hydrogen) atoms. The molecule has 2 aromatic heterocycles. The van der Waals surface area contributed by atoms with Gasteiger partial charge in [-0.25, -0.2) is 0 Å². The molecule has 0 aliphatic carbocycles. The van der Waals surface area contributed by atoms with E-state index in [9.17, 15) is 0 Å². The Labute approximate surface area is 144 Å². The van der Waals surface area contributed by atoms with E-state index in [2.05, 4.69) is 81.4 Å². The molecular weight excluding hydrogens is 414 g/mol. The average Bonchev–Trinajstić information content (AvgIpc) is 3.01. The van der Waals surface area contributed by atoms with Gasteiger partial charge in [-0.2, -0.15) is 0 Å². The van der Waals surface area contributed by atoms with Gasteiger partial charge in [-0.05, 0) is 63.0 Å². The zero-order chi connectivity index (χ0) is 15.0. The number of fused-ring (bicyclic) bond motifs is 1. The molecule has 3 rings (SSSR count). The summed E-state index contributed by atoms with van der Waals surface area (Å²) in [5.41, 5.74) is 2.15. The first-order valence-corrected chi connectivity index (χ1v) is 9.17. The fraction of sp³-hybridized carbons (Fsp3) is 0.250. The number of hydrogen-bond acceptors (Lipinski definition) is 3. The van der Waals surface area contributed by atoms with Crippen molar-refractivity contribution in [2.75, 3.05) is 6.54 Å². The molecule has 110 valence electrons. The van der Waals surface area contributed by atoms with Crippen molar-refractivity contribution in [3.05, 3.63) is 54.8 Å². The molecule has 0 saturated heterocycles. The SMILES string of the molecule is CCNC(c1cc2cccc(C)c2o1)c1cc(Br)c(Br)s1. The summed E-state index contributed by atoms with van der Waals surface area (Å²) < 4.78 is 8.32. The molecule has 0 fully saturated rings. The first-order valence-electron chi connectivity index (χ1n) is 6.77. The van der Waals surface area contributed by atoms with Crippen molar-refractivity contribution in [1.82, 2.24) is 5.32 Å². The zero-order valence-electron chi connectivity index (χ0n) is 11.7. The second kappa shape index (κ2) is 6.24. The third-order valence-corrected chi connectivity index (χ3v) is 6.72. The minimum absolute atomic E-state index is 0.0781. The minimum atomic E-state index is 0.0781. The molecule has 0 radical (unpaired) electrons. The molecule has 1 atom stereocenters. The van der Waals surface area contributed by atoms with Gasteiger partial charge in [0.15, 0.2) is 0 Å². The monoisotopic (exact) mass is 427 g/mol. The first-order chi connectivity index (χ1) is 10.1. The fourth-order valence-corrected chi connectivity index (χ4v) is 4.60. The van der Waals surface area contributed by atoms with E-state index in [1.165, 1.54) is 10.4 Å². The highest BCUT2D eigenvalue weighted by atomic mass is 79.9. The number of rotatable bonds is 4. The predicted octanol–water partition coefficient (Wildman–Crippen LogP) is 6.03. The molecule has 1 unspecified atom stereocenters. The third kappa shape index (κ3) is 2.97. The Bertz CT molecular complexity index is 758. The summed E-state index contributed by atoms with van der Waals surface area (Å²) in [5.74, 6) is 0.961. The lowest BCUT2D eigenvalue weighted by Gasteiger charge is -2.13. The summed E-state index contributed by atoms with van der Waals surface area (Å²) in [4.78, 5) is 1.23. The molecule has 0 aliphatic heterocycles. The van der Waals surface area contributed by atoms with E-state index in [0.717, 1.165) is 31.5 Å². The van der Waals surface area contributed by atoms with Crippen LogP contribution in [-0.4, -0.2) is 6.54 Å². The van der Waals surface area contributed by atoms with Crippen molar-refractivity contribution >= 4 is 54.2 Å². The van der Waals surface area contributed by atoms with E-state index in [0.29, 0.717) is 0 Å². The molecular formula is C16H15Br2NOS. The highest BCUT2D eigenvalue weighted by Crippen LogP contribution is 2.39. The third-order valence-electron chi connectivity index (χ3n) is 3.40. The molecule has 2 heterocycles. The lowest BCUT2D eigenvalue weighted by atomic mass is 10.1. The van der Waals surface area contributed by atoms with Crippen LogP contribution in [0.15, 0.2) is 43.0 Å². The van der Waals surface area contributed by atoms with Crippen LogP contribution in [0, 0.1) is 6.92 Å². The van der Waals surface area contributed by atoms with Gasteiger partial charge in [0.25, 0.3) is 0 Å². The average molecular weight is 429 g/mol. The maximum absolute atomic E-state index is 6.13. The second-order valence-electron chi connectivity index (χ2n) is 4.90. The van der Waals surface area contributed by atoms with Crippen LogP contribution < -0.4 is 5.32 Å². The normalized spacial score (nSPS) is 13.0. The summed E-state index contributed by atoms with van der Waals surface area (Å²) in [6, 6.07) is 10.6. The van der Waals surface area contributed by atoms with Crippen molar-refractivity contribution in [3.8, 4) is 0 Å². The highest BCUT2D eigenvalue weighted by molar-refractivity contribution is 9.13. The van der Waals surface area contributed by atoms with E-state index < -0.39 is 0 Å². The van der Waals surface area contributed by atoms with E-state index >= 15 is 0 Å². The number of para-hydroxylation sites is 1. The van der Waals surface area contributed by atoms with Crippen LogP contribution in [-0.2, 0) is 0 Å². The summed E-state index contributed by atoms with van der Waals surface area (Å²) in [6.07, 6.45) is 0. The van der Waals surface area contributed by atoms with Crippen LogP contribution in [0.4, 0.5) is 0 Å². The molecule has 3 aromatic rings.